The largest absolute Gasteiger partial charge is 0.326 e. The lowest BCUT2D eigenvalue weighted by molar-refractivity contribution is 0.728. The summed E-state index contributed by atoms with van der Waals surface area (Å²) in [5, 5.41) is 0. The van der Waals surface area contributed by atoms with Gasteiger partial charge in [0, 0.05) is 30.6 Å². The van der Waals surface area contributed by atoms with Gasteiger partial charge in [-0.05, 0) is 28.7 Å². The Bertz CT molecular complexity index is 1650. The van der Waals surface area contributed by atoms with Crippen LogP contribution in [0.2, 0.25) is 0 Å². The molecule has 0 atom stereocenters. The molecule has 0 aliphatic carbocycles. The molecule has 0 spiro atoms. The number of rotatable bonds is 8. The van der Waals surface area contributed by atoms with Crippen LogP contribution in [0, 0.1) is 0 Å². The number of fused-ring (bicyclic) bond motifs is 1. The molecule has 1 heterocycles. The van der Waals surface area contributed by atoms with Gasteiger partial charge in [0.15, 0.2) is 5.82 Å². The van der Waals surface area contributed by atoms with Crippen molar-refractivity contribution in [3.8, 4) is 22.3 Å². The molecule has 6 aromatic rings. The number of aromatic nitrogens is 2. The number of aryl methyl sites for hydroxylation is 1. The minimum atomic E-state index is 0.305. The molecular formula is C36H31N3. The van der Waals surface area contributed by atoms with Crippen LogP contribution < -0.4 is 0 Å². The predicted molar refractivity (Wildman–Crippen MR) is 163 cm³/mol. The van der Waals surface area contributed by atoms with E-state index >= 15 is 0 Å². The van der Waals surface area contributed by atoms with E-state index in [9.17, 15) is 0 Å². The maximum atomic E-state index is 5.12. The molecule has 0 N–H and O–H groups in total. The first-order valence-corrected chi connectivity index (χ1v) is 13.5. The van der Waals surface area contributed by atoms with Gasteiger partial charge < -0.3 is 4.57 Å². The van der Waals surface area contributed by atoms with Gasteiger partial charge in [0.2, 0.25) is 0 Å². The Labute approximate surface area is 230 Å². The molecule has 190 valence electrons. The summed E-state index contributed by atoms with van der Waals surface area (Å²) < 4.78 is 2.18. The highest BCUT2D eigenvalue weighted by Gasteiger charge is 2.17. The molecular weight excluding hydrogens is 474 g/mol. The molecule has 0 fully saturated rings. The third kappa shape index (κ3) is 5.17. The van der Waals surface area contributed by atoms with Crippen molar-refractivity contribution in [2.45, 2.75) is 12.3 Å². The monoisotopic (exact) mass is 505 g/mol. The van der Waals surface area contributed by atoms with Crippen molar-refractivity contribution >= 4 is 17.2 Å². The molecule has 39 heavy (non-hydrogen) atoms. The molecule has 0 saturated carbocycles. The molecule has 0 saturated heterocycles. The Morgan fingerprint density at radius 1 is 0.641 bits per heavy atom. The molecule has 0 aliphatic rings. The first kappa shape index (κ1) is 24.6. The summed E-state index contributed by atoms with van der Waals surface area (Å²) in [6, 6.07) is 46.9. The highest BCUT2D eigenvalue weighted by Crippen LogP contribution is 2.35. The van der Waals surface area contributed by atoms with Gasteiger partial charge in [-0.1, -0.05) is 133 Å². The van der Waals surface area contributed by atoms with Crippen LogP contribution in [0.4, 0.5) is 0 Å². The van der Waals surface area contributed by atoms with Crippen LogP contribution in [0.3, 0.4) is 0 Å². The zero-order valence-electron chi connectivity index (χ0n) is 22.1. The highest BCUT2D eigenvalue weighted by atomic mass is 15.1. The van der Waals surface area contributed by atoms with Gasteiger partial charge in [-0.3, -0.25) is 4.99 Å². The molecule has 0 amide bonds. The van der Waals surface area contributed by atoms with Crippen molar-refractivity contribution in [1.29, 1.82) is 0 Å². The average molecular weight is 506 g/mol. The van der Waals surface area contributed by atoms with Crippen LogP contribution in [0.1, 0.15) is 29.3 Å². The molecule has 6 rings (SSSR count). The summed E-state index contributed by atoms with van der Waals surface area (Å²) in [5.74, 6) is 1.17. The summed E-state index contributed by atoms with van der Waals surface area (Å²) in [6.45, 7) is 0.717. The average Bonchev–Trinajstić information content (AvgIpc) is 3.34. The van der Waals surface area contributed by atoms with Crippen LogP contribution in [0.25, 0.3) is 33.3 Å². The summed E-state index contributed by atoms with van der Waals surface area (Å²) in [4.78, 5) is 10.0. The van der Waals surface area contributed by atoms with Gasteiger partial charge >= 0.3 is 0 Å². The number of benzene rings is 5. The third-order valence-corrected chi connectivity index (χ3v) is 7.38. The Balaban J connectivity index is 1.34. The Hall–Kier alpha value is -4.76. The molecule has 5 aromatic carbocycles. The predicted octanol–water partition coefficient (Wildman–Crippen LogP) is 8.55. The maximum absolute atomic E-state index is 5.12. The van der Waals surface area contributed by atoms with E-state index in [-0.39, 0.29) is 0 Å². The fourth-order valence-corrected chi connectivity index (χ4v) is 5.40. The summed E-state index contributed by atoms with van der Waals surface area (Å²) >= 11 is 0. The second kappa shape index (κ2) is 11.3. The fraction of sp³-hybridized carbons (Fsp3) is 0.111. The Kier molecular flexibility index (Phi) is 7.13. The number of aliphatic imine (C=N–C) groups is 1. The number of hydrogen-bond donors (Lipinski definition) is 0. The number of hydrogen-bond acceptors (Lipinski definition) is 2. The van der Waals surface area contributed by atoms with E-state index in [0.29, 0.717) is 5.92 Å². The van der Waals surface area contributed by atoms with E-state index in [0.717, 1.165) is 41.0 Å². The van der Waals surface area contributed by atoms with Crippen LogP contribution in [-0.4, -0.2) is 22.3 Å². The molecule has 0 bridgehead atoms. The van der Waals surface area contributed by atoms with Crippen molar-refractivity contribution in [2.75, 3.05) is 6.54 Å². The third-order valence-electron chi connectivity index (χ3n) is 7.38. The fourth-order valence-electron chi connectivity index (χ4n) is 5.40. The van der Waals surface area contributed by atoms with Crippen molar-refractivity contribution < 1.29 is 0 Å². The van der Waals surface area contributed by atoms with Gasteiger partial charge in [-0.2, -0.15) is 0 Å². The molecule has 1 aromatic heterocycles. The Morgan fingerprint density at radius 3 is 1.69 bits per heavy atom. The SMILES string of the molecule is Cn1c(C=NCCC(c2ccccc2)c2ccccc2)nc2c(-c3ccccc3)ccc(-c3ccccc3)c21. The number of imidazole rings is 1. The van der Waals surface area contributed by atoms with E-state index in [2.05, 4.69) is 139 Å². The summed E-state index contributed by atoms with van der Waals surface area (Å²) in [5.41, 5.74) is 9.41. The zero-order valence-corrected chi connectivity index (χ0v) is 22.1. The lowest BCUT2D eigenvalue weighted by Crippen LogP contribution is -2.04. The van der Waals surface area contributed by atoms with Crippen LogP contribution in [-0.2, 0) is 7.05 Å². The van der Waals surface area contributed by atoms with Gasteiger partial charge in [0.05, 0.1) is 17.2 Å². The molecule has 3 heteroatoms. The van der Waals surface area contributed by atoms with Crippen LogP contribution >= 0.6 is 0 Å². The minimum Gasteiger partial charge on any atom is -0.326 e. The van der Waals surface area contributed by atoms with Gasteiger partial charge in [-0.15, -0.1) is 0 Å². The van der Waals surface area contributed by atoms with E-state index < -0.39 is 0 Å². The van der Waals surface area contributed by atoms with Gasteiger partial charge in [-0.25, -0.2) is 4.98 Å². The van der Waals surface area contributed by atoms with Crippen molar-refractivity contribution in [1.82, 2.24) is 9.55 Å². The normalized spacial score (nSPS) is 11.5. The minimum absolute atomic E-state index is 0.305. The number of nitrogens with zero attached hydrogens (tertiary/aromatic N) is 3. The van der Waals surface area contributed by atoms with E-state index in [4.69, 9.17) is 9.98 Å². The molecule has 0 unspecified atom stereocenters. The van der Waals surface area contributed by atoms with Crippen LogP contribution in [0.5, 0.6) is 0 Å². The standard InChI is InChI=1S/C36H31N3/c1-39-34(26-37-25-24-31(27-14-6-2-7-15-27)28-16-8-3-9-17-28)38-35-32(29-18-10-4-11-19-29)22-23-33(36(35)39)30-20-12-5-13-21-30/h2-23,26,31H,24-25H2,1H3. The van der Waals surface area contributed by atoms with Gasteiger partial charge in [0.1, 0.15) is 0 Å². The molecule has 3 nitrogen and oxygen atoms in total. The lowest BCUT2D eigenvalue weighted by atomic mass is 9.89. The highest BCUT2D eigenvalue weighted by molar-refractivity contribution is 6.03. The van der Waals surface area contributed by atoms with Crippen molar-refractivity contribution in [3.05, 3.63) is 150 Å². The smallest absolute Gasteiger partial charge is 0.151 e. The topological polar surface area (TPSA) is 30.2 Å². The van der Waals surface area contributed by atoms with E-state index in [1.54, 1.807) is 0 Å². The lowest BCUT2D eigenvalue weighted by Gasteiger charge is -2.17. The van der Waals surface area contributed by atoms with Crippen LogP contribution in [0.15, 0.2) is 138 Å². The van der Waals surface area contributed by atoms with E-state index in [1.165, 1.54) is 22.3 Å². The van der Waals surface area contributed by atoms with Gasteiger partial charge in [0.25, 0.3) is 0 Å². The van der Waals surface area contributed by atoms with E-state index in [1.807, 2.05) is 12.3 Å². The molecule has 0 radical (unpaired) electrons. The van der Waals surface area contributed by atoms with Crippen molar-refractivity contribution in [3.63, 3.8) is 0 Å². The maximum Gasteiger partial charge on any atom is 0.151 e. The zero-order chi connectivity index (χ0) is 26.4. The first-order chi connectivity index (χ1) is 19.3. The second-order valence-electron chi connectivity index (χ2n) is 9.82. The summed E-state index contributed by atoms with van der Waals surface area (Å²) in [7, 11) is 2.09. The van der Waals surface area contributed by atoms with Crippen molar-refractivity contribution in [2.24, 2.45) is 12.0 Å². The quantitative estimate of drug-likeness (QED) is 0.191. The first-order valence-electron chi connectivity index (χ1n) is 13.5. The Morgan fingerprint density at radius 2 is 1.13 bits per heavy atom. The summed E-state index contributed by atoms with van der Waals surface area (Å²) in [6.07, 6.45) is 2.87. The molecule has 0 aliphatic heterocycles. The second-order valence-corrected chi connectivity index (χ2v) is 9.82.